The van der Waals surface area contributed by atoms with Crippen LogP contribution < -0.4 is 5.56 Å². The number of rotatable bonds is 3. The minimum absolute atomic E-state index is 0.0189. The summed E-state index contributed by atoms with van der Waals surface area (Å²) >= 11 is 0. The molecule has 4 heterocycles. The molecular weight excluding hydrogens is 352 g/mol. The summed E-state index contributed by atoms with van der Waals surface area (Å²) in [5.74, 6) is 0. The highest BCUT2D eigenvalue weighted by Crippen LogP contribution is 2.35. The van der Waals surface area contributed by atoms with Gasteiger partial charge in [0.1, 0.15) is 0 Å². The Labute approximate surface area is 162 Å². The van der Waals surface area contributed by atoms with Gasteiger partial charge in [0, 0.05) is 54.6 Å². The number of benzene rings is 1. The van der Waals surface area contributed by atoms with Crippen molar-refractivity contribution in [3.05, 3.63) is 81.4 Å². The Morgan fingerprint density at radius 2 is 2.14 bits per heavy atom. The molecule has 7 nitrogen and oxygen atoms in total. The molecule has 7 heteroatoms. The highest BCUT2D eigenvalue weighted by atomic mass is 16.1. The first kappa shape index (κ1) is 16.9. The zero-order valence-electron chi connectivity index (χ0n) is 15.9. The van der Waals surface area contributed by atoms with Crippen molar-refractivity contribution in [2.24, 2.45) is 7.05 Å². The fraction of sp³-hybridized carbons (Fsp3) is 0.286. The van der Waals surface area contributed by atoms with E-state index in [9.17, 15) is 4.79 Å². The van der Waals surface area contributed by atoms with Gasteiger partial charge in [-0.3, -0.25) is 14.4 Å². The summed E-state index contributed by atoms with van der Waals surface area (Å²) in [4.78, 5) is 25.9. The molecule has 1 aromatic carbocycles. The maximum absolute atomic E-state index is 12.7. The lowest BCUT2D eigenvalue weighted by Crippen LogP contribution is -2.37. The number of pyridine rings is 1. The van der Waals surface area contributed by atoms with E-state index < -0.39 is 0 Å². The molecule has 1 atom stereocenters. The third-order valence-electron chi connectivity index (χ3n) is 5.80. The van der Waals surface area contributed by atoms with Gasteiger partial charge in [0.25, 0.3) is 5.56 Å². The van der Waals surface area contributed by atoms with Gasteiger partial charge in [-0.15, -0.1) is 0 Å². The first-order valence-electron chi connectivity index (χ1n) is 9.47. The Morgan fingerprint density at radius 1 is 1.29 bits per heavy atom. The second-order valence-electron chi connectivity index (χ2n) is 7.41. The number of imidazole rings is 1. The van der Waals surface area contributed by atoms with Crippen molar-refractivity contribution in [3.8, 4) is 0 Å². The van der Waals surface area contributed by atoms with Crippen molar-refractivity contribution in [2.75, 3.05) is 6.54 Å². The maximum Gasteiger partial charge on any atom is 0.252 e. The monoisotopic (exact) mass is 374 g/mol. The highest BCUT2D eigenvalue weighted by molar-refractivity contribution is 5.78. The zero-order valence-corrected chi connectivity index (χ0v) is 15.9. The third kappa shape index (κ3) is 2.66. The van der Waals surface area contributed by atoms with Crippen LogP contribution in [0.15, 0.2) is 47.7 Å². The molecule has 1 aliphatic rings. The van der Waals surface area contributed by atoms with Crippen molar-refractivity contribution in [3.63, 3.8) is 0 Å². The van der Waals surface area contributed by atoms with Crippen molar-refractivity contribution >= 4 is 10.9 Å². The molecule has 142 valence electrons. The number of aryl methyl sites for hydroxylation is 1. The first-order valence-corrected chi connectivity index (χ1v) is 9.47. The second-order valence-corrected chi connectivity index (χ2v) is 7.41. The first-order chi connectivity index (χ1) is 13.6. The van der Waals surface area contributed by atoms with Crippen LogP contribution in [-0.2, 0) is 20.0 Å². The second kappa shape index (κ2) is 6.45. The van der Waals surface area contributed by atoms with Crippen LogP contribution in [0.1, 0.15) is 34.3 Å². The number of hydrogen-bond acceptors (Lipinski definition) is 4. The molecule has 0 saturated heterocycles. The van der Waals surface area contributed by atoms with Crippen LogP contribution in [0.3, 0.4) is 0 Å². The highest BCUT2D eigenvalue weighted by Gasteiger charge is 2.33. The lowest BCUT2D eigenvalue weighted by Gasteiger charge is -2.34. The quantitative estimate of drug-likeness (QED) is 0.577. The van der Waals surface area contributed by atoms with E-state index >= 15 is 0 Å². The standard InChI is InChI=1S/C21H22N6O/c1-13-16(10-24-26(13)2)20-19-18(22-12-23-19)7-8-27(20)11-15-9-14-5-3-4-6-17(14)25-21(15)28/h3-6,9-10,12,20H,7-8,11H2,1-2H3,(H,22,23)(H,25,28). The number of fused-ring (bicyclic) bond motifs is 2. The van der Waals surface area contributed by atoms with E-state index in [4.69, 9.17) is 0 Å². The number of hydrogen-bond donors (Lipinski definition) is 2. The Hall–Kier alpha value is -3.19. The van der Waals surface area contributed by atoms with E-state index in [0.29, 0.717) is 6.54 Å². The van der Waals surface area contributed by atoms with Gasteiger partial charge in [-0.2, -0.15) is 5.10 Å². The molecule has 0 aliphatic carbocycles. The van der Waals surface area contributed by atoms with E-state index in [1.807, 2.05) is 48.3 Å². The average Bonchev–Trinajstić information content (AvgIpc) is 3.30. The zero-order chi connectivity index (χ0) is 19.3. The summed E-state index contributed by atoms with van der Waals surface area (Å²) in [7, 11) is 1.95. The molecule has 3 aromatic heterocycles. The van der Waals surface area contributed by atoms with Crippen molar-refractivity contribution in [1.82, 2.24) is 29.6 Å². The van der Waals surface area contributed by atoms with Gasteiger partial charge < -0.3 is 9.97 Å². The predicted molar refractivity (Wildman–Crippen MR) is 107 cm³/mol. The Kier molecular flexibility index (Phi) is 3.91. The molecule has 0 fully saturated rings. The third-order valence-corrected chi connectivity index (χ3v) is 5.80. The lowest BCUT2D eigenvalue weighted by atomic mass is 9.95. The molecule has 4 aromatic rings. The van der Waals surface area contributed by atoms with E-state index in [0.717, 1.165) is 52.1 Å². The number of nitrogens with one attached hydrogen (secondary N) is 2. The Bertz CT molecular complexity index is 1220. The van der Waals surface area contributed by atoms with Crippen LogP contribution in [0, 0.1) is 6.92 Å². The number of nitrogens with zero attached hydrogens (tertiary/aromatic N) is 4. The van der Waals surface area contributed by atoms with Crippen molar-refractivity contribution in [1.29, 1.82) is 0 Å². The summed E-state index contributed by atoms with van der Waals surface area (Å²) in [6.45, 7) is 3.48. The predicted octanol–water partition coefficient (Wildman–Crippen LogP) is 2.44. The van der Waals surface area contributed by atoms with Gasteiger partial charge in [0.2, 0.25) is 0 Å². The van der Waals surface area contributed by atoms with Crippen LogP contribution in [0.2, 0.25) is 0 Å². The molecule has 0 saturated carbocycles. The largest absolute Gasteiger partial charge is 0.348 e. The maximum atomic E-state index is 12.7. The summed E-state index contributed by atoms with van der Waals surface area (Å²) in [6, 6.07) is 9.86. The SMILES string of the molecule is Cc1c(C2c3nc[nH]c3CCN2Cc2cc3ccccc3[nH]c2=O)cnn1C. The van der Waals surface area contributed by atoms with Crippen LogP contribution in [-0.4, -0.2) is 36.2 Å². The summed E-state index contributed by atoms with van der Waals surface area (Å²) in [5.41, 5.74) is 6.03. The summed E-state index contributed by atoms with van der Waals surface area (Å²) in [5, 5.41) is 5.48. The van der Waals surface area contributed by atoms with Crippen LogP contribution in [0.5, 0.6) is 0 Å². The number of aromatic nitrogens is 5. The lowest BCUT2D eigenvalue weighted by molar-refractivity contribution is 0.199. The van der Waals surface area contributed by atoms with E-state index in [2.05, 4.69) is 31.9 Å². The van der Waals surface area contributed by atoms with Gasteiger partial charge >= 0.3 is 0 Å². The van der Waals surface area contributed by atoms with Crippen LogP contribution >= 0.6 is 0 Å². The number of aromatic amines is 2. The number of H-pyrrole nitrogens is 2. The van der Waals surface area contributed by atoms with Gasteiger partial charge in [0.05, 0.1) is 24.3 Å². The van der Waals surface area contributed by atoms with E-state index in [1.165, 1.54) is 0 Å². The van der Waals surface area contributed by atoms with Gasteiger partial charge in [-0.05, 0) is 24.4 Å². The molecule has 28 heavy (non-hydrogen) atoms. The number of para-hydroxylation sites is 1. The normalized spacial score (nSPS) is 17.1. The smallest absolute Gasteiger partial charge is 0.252 e. The molecule has 1 aliphatic heterocycles. The topological polar surface area (TPSA) is 82.6 Å². The van der Waals surface area contributed by atoms with Gasteiger partial charge in [0.15, 0.2) is 0 Å². The van der Waals surface area contributed by atoms with Crippen LogP contribution in [0.25, 0.3) is 10.9 Å². The average molecular weight is 374 g/mol. The Balaban J connectivity index is 1.58. The van der Waals surface area contributed by atoms with Crippen LogP contribution in [0.4, 0.5) is 0 Å². The summed E-state index contributed by atoms with van der Waals surface area (Å²) in [6.07, 6.45) is 4.56. The molecule has 2 N–H and O–H groups in total. The fourth-order valence-corrected chi connectivity index (χ4v) is 4.15. The minimum Gasteiger partial charge on any atom is -0.348 e. The molecule has 0 radical (unpaired) electrons. The van der Waals surface area contributed by atoms with Gasteiger partial charge in [-0.1, -0.05) is 18.2 Å². The molecule has 0 bridgehead atoms. The molecular formula is C21H22N6O. The van der Waals surface area contributed by atoms with E-state index in [-0.39, 0.29) is 11.6 Å². The van der Waals surface area contributed by atoms with E-state index in [1.54, 1.807) is 6.33 Å². The van der Waals surface area contributed by atoms with Gasteiger partial charge in [-0.25, -0.2) is 4.98 Å². The molecule has 0 spiro atoms. The minimum atomic E-state index is -0.0341. The molecule has 0 amide bonds. The fourth-order valence-electron chi connectivity index (χ4n) is 4.15. The Morgan fingerprint density at radius 3 is 2.96 bits per heavy atom. The molecule has 1 unspecified atom stereocenters. The van der Waals surface area contributed by atoms with Crippen molar-refractivity contribution in [2.45, 2.75) is 25.9 Å². The summed E-state index contributed by atoms with van der Waals surface area (Å²) < 4.78 is 1.89. The van der Waals surface area contributed by atoms with Crippen molar-refractivity contribution < 1.29 is 0 Å². The molecule has 5 rings (SSSR count).